The summed E-state index contributed by atoms with van der Waals surface area (Å²) in [5.41, 5.74) is 4.12. The van der Waals surface area contributed by atoms with Crippen LogP contribution in [0.2, 0.25) is 0 Å². The summed E-state index contributed by atoms with van der Waals surface area (Å²) in [5.74, 6) is 0.685. The summed E-state index contributed by atoms with van der Waals surface area (Å²) in [6.45, 7) is 4.12. The lowest BCUT2D eigenvalue weighted by atomic mass is 10.0. The number of para-hydroxylation sites is 1. The van der Waals surface area contributed by atoms with Crippen molar-refractivity contribution in [3.63, 3.8) is 0 Å². The van der Waals surface area contributed by atoms with E-state index in [1.54, 1.807) is 0 Å². The van der Waals surface area contributed by atoms with Crippen molar-refractivity contribution in [3.05, 3.63) is 90.0 Å². The summed E-state index contributed by atoms with van der Waals surface area (Å²) in [4.78, 5) is 0. The second-order valence-electron chi connectivity index (χ2n) is 7.04. The van der Waals surface area contributed by atoms with Crippen LogP contribution in [0.3, 0.4) is 0 Å². The van der Waals surface area contributed by atoms with Crippen LogP contribution in [0.1, 0.15) is 11.1 Å². The summed E-state index contributed by atoms with van der Waals surface area (Å²) in [5, 5.41) is 3.89. The highest BCUT2D eigenvalue weighted by Gasteiger charge is 2.39. The summed E-state index contributed by atoms with van der Waals surface area (Å²) in [6, 6.07) is 26.1. The first-order valence-electron chi connectivity index (χ1n) is 9.08. The Morgan fingerprint density at radius 1 is 0.704 bits per heavy atom. The standard InChI is InChI=1S/C24H19O2P/c1-16-15-24(17(2)19-10-4-3-9-18(16)19)27(25)23-14-8-6-12-21(23)20-11-5-7-13-22(20)26-27/h3-15H,1-2H3. The SMILES string of the molecule is Cc1cc(P2(=O)Oc3ccccc3-c3ccccc32)c(C)c2ccccc12. The monoisotopic (exact) mass is 370 g/mol. The van der Waals surface area contributed by atoms with Crippen molar-refractivity contribution in [3.8, 4) is 16.9 Å². The lowest BCUT2D eigenvalue weighted by Gasteiger charge is -2.30. The highest BCUT2D eigenvalue weighted by atomic mass is 31.2. The maximum Gasteiger partial charge on any atom is 0.307 e. The molecule has 0 radical (unpaired) electrons. The number of hydrogen-bond acceptors (Lipinski definition) is 2. The summed E-state index contributed by atoms with van der Waals surface area (Å²) < 4.78 is 20.7. The van der Waals surface area contributed by atoms with Gasteiger partial charge in [-0.2, -0.15) is 0 Å². The van der Waals surface area contributed by atoms with Crippen LogP contribution in [-0.4, -0.2) is 0 Å². The van der Waals surface area contributed by atoms with E-state index in [0.29, 0.717) is 5.75 Å². The quantitative estimate of drug-likeness (QED) is 0.399. The summed E-state index contributed by atoms with van der Waals surface area (Å²) in [7, 11) is -3.26. The molecule has 0 aromatic heterocycles. The van der Waals surface area contributed by atoms with Gasteiger partial charge in [0.25, 0.3) is 0 Å². The van der Waals surface area contributed by atoms with E-state index in [0.717, 1.165) is 38.2 Å². The van der Waals surface area contributed by atoms with Crippen LogP contribution in [0.4, 0.5) is 0 Å². The molecular formula is C24H19O2P. The minimum Gasteiger partial charge on any atom is -0.436 e. The first-order valence-corrected chi connectivity index (χ1v) is 10.7. The molecule has 1 atom stereocenters. The number of aryl methyl sites for hydroxylation is 2. The number of hydrogen-bond donors (Lipinski definition) is 0. The first kappa shape index (κ1) is 16.4. The predicted molar refractivity (Wildman–Crippen MR) is 113 cm³/mol. The Hall–Kier alpha value is -2.83. The minimum atomic E-state index is -3.26. The van der Waals surface area contributed by atoms with Crippen LogP contribution < -0.4 is 15.1 Å². The Morgan fingerprint density at radius 2 is 1.33 bits per heavy atom. The van der Waals surface area contributed by atoms with Crippen molar-refractivity contribution >= 4 is 28.8 Å². The van der Waals surface area contributed by atoms with Gasteiger partial charge in [-0.1, -0.05) is 60.7 Å². The highest BCUT2D eigenvalue weighted by molar-refractivity contribution is 7.75. The molecule has 0 aliphatic carbocycles. The molecule has 0 fully saturated rings. The maximum absolute atomic E-state index is 14.4. The van der Waals surface area contributed by atoms with Crippen LogP contribution in [0.5, 0.6) is 5.75 Å². The normalized spacial score (nSPS) is 17.9. The average Bonchev–Trinajstić information content (AvgIpc) is 2.71. The third-order valence-electron chi connectivity index (χ3n) is 5.44. The largest absolute Gasteiger partial charge is 0.436 e. The van der Waals surface area contributed by atoms with Crippen molar-refractivity contribution in [2.45, 2.75) is 13.8 Å². The lowest BCUT2D eigenvalue weighted by molar-refractivity contribution is 0.501. The van der Waals surface area contributed by atoms with E-state index >= 15 is 0 Å². The third kappa shape index (κ3) is 2.30. The van der Waals surface area contributed by atoms with Crippen LogP contribution in [0.25, 0.3) is 21.9 Å². The molecule has 1 unspecified atom stereocenters. The van der Waals surface area contributed by atoms with Crippen molar-refractivity contribution in [1.29, 1.82) is 0 Å². The zero-order valence-corrected chi connectivity index (χ0v) is 16.2. The molecule has 1 aliphatic heterocycles. The van der Waals surface area contributed by atoms with Gasteiger partial charge < -0.3 is 4.52 Å². The van der Waals surface area contributed by atoms with Gasteiger partial charge in [0.1, 0.15) is 5.75 Å². The maximum atomic E-state index is 14.4. The molecule has 1 aliphatic rings. The van der Waals surface area contributed by atoms with E-state index in [-0.39, 0.29) is 0 Å². The number of fused-ring (bicyclic) bond motifs is 4. The van der Waals surface area contributed by atoms with Gasteiger partial charge in [-0.05, 0) is 59.5 Å². The lowest BCUT2D eigenvalue weighted by Crippen LogP contribution is -2.27. The van der Waals surface area contributed by atoms with E-state index in [2.05, 4.69) is 19.1 Å². The number of rotatable bonds is 1. The van der Waals surface area contributed by atoms with Crippen molar-refractivity contribution in [2.75, 3.05) is 0 Å². The Morgan fingerprint density at radius 3 is 2.15 bits per heavy atom. The Balaban J connectivity index is 1.85. The van der Waals surface area contributed by atoms with E-state index in [1.807, 2.05) is 73.7 Å². The Kier molecular flexibility index (Phi) is 3.54. The van der Waals surface area contributed by atoms with E-state index < -0.39 is 7.37 Å². The molecule has 1 heterocycles. The summed E-state index contributed by atoms with van der Waals surface area (Å²) in [6.07, 6.45) is 0. The first-order chi connectivity index (χ1) is 13.1. The van der Waals surface area contributed by atoms with Crippen molar-refractivity contribution < 1.29 is 9.09 Å². The number of benzene rings is 4. The molecule has 5 rings (SSSR count). The molecule has 0 saturated carbocycles. The molecule has 0 saturated heterocycles. The molecule has 132 valence electrons. The van der Waals surface area contributed by atoms with Crippen molar-refractivity contribution in [2.24, 2.45) is 0 Å². The molecule has 27 heavy (non-hydrogen) atoms. The van der Waals surface area contributed by atoms with Crippen LogP contribution in [0, 0.1) is 13.8 Å². The highest BCUT2D eigenvalue weighted by Crippen LogP contribution is 2.54. The molecule has 2 nitrogen and oxygen atoms in total. The van der Waals surface area contributed by atoms with Gasteiger partial charge >= 0.3 is 7.37 Å². The van der Waals surface area contributed by atoms with Crippen LogP contribution in [0.15, 0.2) is 78.9 Å². The fourth-order valence-corrected chi connectivity index (χ4v) is 6.69. The van der Waals surface area contributed by atoms with Gasteiger partial charge in [-0.15, -0.1) is 0 Å². The molecule has 0 spiro atoms. The second kappa shape index (κ2) is 5.84. The fourth-order valence-electron chi connectivity index (χ4n) is 4.08. The summed E-state index contributed by atoms with van der Waals surface area (Å²) >= 11 is 0. The van der Waals surface area contributed by atoms with E-state index in [9.17, 15) is 4.57 Å². The Bertz CT molecular complexity index is 1260. The zero-order valence-electron chi connectivity index (χ0n) is 15.3. The molecule has 4 aromatic carbocycles. The van der Waals surface area contributed by atoms with Gasteiger partial charge in [-0.3, -0.25) is 4.57 Å². The smallest absolute Gasteiger partial charge is 0.307 e. The van der Waals surface area contributed by atoms with Gasteiger partial charge in [0.05, 0.1) is 10.6 Å². The van der Waals surface area contributed by atoms with Gasteiger partial charge in [0, 0.05) is 5.56 Å². The van der Waals surface area contributed by atoms with Gasteiger partial charge in [-0.25, -0.2) is 0 Å². The second-order valence-corrected chi connectivity index (χ2v) is 9.29. The molecule has 3 heteroatoms. The molecule has 4 aromatic rings. The molecular weight excluding hydrogens is 351 g/mol. The predicted octanol–water partition coefficient (Wildman–Crippen LogP) is 5.74. The zero-order chi connectivity index (χ0) is 18.6. The topological polar surface area (TPSA) is 26.3 Å². The van der Waals surface area contributed by atoms with Gasteiger partial charge in [0.15, 0.2) is 0 Å². The fraction of sp³-hybridized carbons (Fsp3) is 0.0833. The van der Waals surface area contributed by atoms with Crippen LogP contribution in [-0.2, 0) is 4.57 Å². The molecule has 0 N–H and O–H groups in total. The van der Waals surface area contributed by atoms with Crippen molar-refractivity contribution in [1.82, 2.24) is 0 Å². The van der Waals surface area contributed by atoms with Crippen LogP contribution >= 0.6 is 7.37 Å². The third-order valence-corrected chi connectivity index (χ3v) is 8.01. The Labute approximate surface area is 158 Å². The van der Waals surface area contributed by atoms with E-state index in [1.165, 1.54) is 5.39 Å². The average molecular weight is 370 g/mol. The van der Waals surface area contributed by atoms with E-state index in [4.69, 9.17) is 4.52 Å². The molecule has 0 amide bonds. The molecule has 0 bridgehead atoms. The minimum absolute atomic E-state index is 0.685. The van der Waals surface area contributed by atoms with Gasteiger partial charge in [0.2, 0.25) is 0 Å².